The molecule has 1 atom stereocenters. The first-order valence-corrected chi connectivity index (χ1v) is 6.83. The standard InChI is InChI=1S/C15H20N4O2/c1-4-21-15(2,3)14(20)13(19-11-17-10-18-19)8-12-6-5-7-16-9-12/h5-11,14,20H,4H2,1-3H3. The van der Waals surface area contributed by atoms with Crippen molar-refractivity contribution in [3.05, 3.63) is 42.7 Å². The van der Waals surface area contributed by atoms with E-state index in [1.165, 1.54) is 6.33 Å². The predicted molar refractivity (Wildman–Crippen MR) is 80.1 cm³/mol. The molecule has 1 unspecified atom stereocenters. The third-order valence-electron chi connectivity index (χ3n) is 3.14. The van der Waals surface area contributed by atoms with E-state index in [1.807, 2.05) is 39.0 Å². The van der Waals surface area contributed by atoms with E-state index >= 15 is 0 Å². The molecule has 112 valence electrons. The lowest BCUT2D eigenvalue weighted by molar-refractivity contribution is -0.0753. The number of hydrogen-bond donors (Lipinski definition) is 1. The minimum absolute atomic E-state index is 0.515. The number of aliphatic hydroxyl groups excluding tert-OH is 1. The summed E-state index contributed by atoms with van der Waals surface area (Å²) in [4.78, 5) is 8.01. The molecule has 0 aliphatic carbocycles. The topological polar surface area (TPSA) is 73.1 Å². The van der Waals surface area contributed by atoms with Crippen LogP contribution in [0.3, 0.4) is 0 Å². The Bertz CT molecular complexity index is 579. The zero-order valence-corrected chi connectivity index (χ0v) is 12.5. The molecule has 2 heterocycles. The number of nitrogens with zero attached hydrogens (tertiary/aromatic N) is 4. The number of aromatic nitrogens is 4. The van der Waals surface area contributed by atoms with Gasteiger partial charge in [0, 0.05) is 19.0 Å². The van der Waals surface area contributed by atoms with Crippen molar-refractivity contribution in [3.8, 4) is 0 Å². The Balaban J connectivity index is 2.40. The Morgan fingerprint density at radius 3 is 2.86 bits per heavy atom. The Labute approximate surface area is 124 Å². The summed E-state index contributed by atoms with van der Waals surface area (Å²) >= 11 is 0. The monoisotopic (exact) mass is 288 g/mol. The van der Waals surface area contributed by atoms with Crippen molar-refractivity contribution in [1.29, 1.82) is 0 Å². The molecular weight excluding hydrogens is 268 g/mol. The summed E-state index contributed by atoms with van der Waals surface area (Å²) in [6.07, 6.45) is 7.36. The van der Waals surface area contributed by atoms with Crippen molar-refractivity contribution in [3.63, 3.8) is 0 Å². The molecule has 6 heteroatoms. The zero-order valence-electron chi connectivity index (χ0n) is 12.5. The average molecular weight is 288 g/mol. The van der Waals surface area contributed by atoms with E-state index in [1.54, 1.807) is 23.4 Å². The second-order valence-corrected chi connectivity index (χ2v) is 5.13. The van der Waals surface area contributed by atoms with Crippen LogP contribution in [0.25, 0.3) is 11.8 Å². The van der Waals surface area contributed by atoms with Crippen LogP contribution in [0.5, 0.6) is 0 Å². The minimum atomic E-state index is -0.862. The summed E-state index contributed by atoms with van der Waals surface area (Å²) in [5.74, 6) is 0. The van der Waals surface area contributed by atoms with Crippen LogP contribution in [-0.2, 0) is 4.74 Å². The largest absolute Gasteiger partial charge is 0.384 e. The average Bonchev–Trinajstić information content (AvgIpc) is 2.99. The number of ether oxygens (including phenoxy) is 1. The molecule has 0 saturated heterocycles. The van der Waals surface area contributed by atoms with Gasteiger partial charge in [-0.15, -0.1) is 0 Å². The molecule has 0 spiro atoms. The van der Waals surface area contributed by atoms with Gasteiger partial charge in [-0.25, -0.2) is 9.67 Å². The van der Waals surface area contributed by atoms with Crippen molar-refractivity contribution in [2.75, 3.05) is 6.61 Å². The highest BCUT2D eigenvalue weighted by Gasteiger charge is 2.32. The maximum Gasteiger partial charge on any atom is 0.138 e. The fourth-order valence-electron chi connectivity index (χ4n) is 2.05. The molecule has 0 saturated carbocycles. The lowest BCUT2D eigenvalue weighted by atomic mass is 9.97. The summed E-state index contributed by atoms with van der Waals surface area (Å²) in [5.41, 5.74) is 0.711. The van der Waals surface area contributed by atoms with Crippen LogP contribution < -0.4 is 0 Å². The van der Waals surface area contributed by atoms with Gasteiger partial charge in [0.25, 0.3) is 0 Å². The molecule has 0 amide bonds. The second-order valence-electron chi connectivity index (χ2n) is 5.13. The maximum atomic E-state index is 10.7. The first-order valence-electron chi connectivity index (χ1n) is 6.83. The lowest BCUT2D eigenvalue weighted by Gasteiger charge is -2.31. The van der Waals surface area contributed by atoms with Crippen molar-refractivity contribution < 1.29 is 9.84 Å². The summed E-state index contributed by atoms with van der Waals surface area (Å²) in [6.45, 7) is 6.10. The maximum absolute atomic E-state index is 10.7. The van der Waals surface area contributed by atoms with Gasteiger partial charge in [-0.2, -0.15) is 5.10 Å². The van der Waals surface area contributed by atoms with Crippen molar-refractivity contribution >= 4 is 11.8 Å². The van der Waals surface area contributed by atoms with Crippen molar-refractivity contribution in [1.82, 2.24) is 19.7 Å². The van der Waals surface area contributed by atoms with Gasteiger partial charge in [-0.3, -0.25) is 4.98 Å². The molecule has 0 radical (unpaired) electrons. The first kappa shape index (κ1) is 15.3. The normalized spacial score (nSPS) is 14.2. The molecule has 0 bridgehead atoms. The fraction of sp³-hybridized carbons (Fsp3) is 0.400. The van der Waals surface area contributed by atoms with Crippen molar-refractivity contribution in [2.24, 2.45) is 0 Å². The zero-order chi connectivity index (χ0) is 15.3. The molecule has 2 aromatic rings. The smallest absolute Gasteiger partial charge is 0.138 e. The third-order valence-corrected chi connectivity index (χ3v) is 3.14. The van der Waals surface area contributed by atoms with E-state index in [0.29, 0.717) is 12.3 Å². The second kappa shape index (κ2) is 6.60. The molecule has 0 fully saturated rings. The summed E-state index contributed by atoms with van der Waals surface area (Å²) < 4.78 is 7.18. The van der Waals surface area contributed by atoms with E-state index in [2.05, 4.69) is 15.1 Å². The molecule has 2 rings (SSSR count). The van der Waals surface area contributed by atoms with Crippen LogP contribution >= 0.6 is 0 Å². The van der Waals surface area contributed by atoms with E-state index < -0.39 is 11.7 Å². The number of aliphatic hydroxyl groups is 1. The van der Waals surface area contributed by atoms with Crippen LogP contribution in [0.15, 0.2) is 37.2 Å². The SMILES string of the molecule is CCOC(C)(C)C(O)C(=Cc1cccnc1)n1cncn1. The van der Waals surface area contributed by atoms with Gasteiger partial charge in [-0.05, 0) is 38.5 Å². The molecular formula is C15H20N4O2. The van der Waals surface area contributed by atoms with Crippen LogP contribution in [0.2, 0.25) is 0 Å². The van der Waals surface area contributed by atoms with Gasteiger partial charge >= 0.3 is 0 Å². The molecule has 2 aromatic heterocycles. The Morgan fingerprint density at radius 1 is 1.48 bits per heavy atom. The molecule has 1 N–H and O–H groups in total. The van der Waals surface area contributed by atoms with Gasteiger partial charge in [0.2, 0.25) is 0 Å². The number of hydrogen-bond acceptors (Lipinski definition) is 5. The van der Waals surface area contributed by atoms with Crippen LogP contribution in [0.1, 0.15) is 26.3 Å². The van der Waals surface area contributed by atoms with E-state index in [4.69, 9.17) is 4.74 Å². The highest BCUT2D eigenvalue weighted by atomic mass is 16.5. The molecule has 0 aliphatic rings. The van der Waals surface area contributed by atoms with Gasteiger partial charge in [0.05, 0.1) is 11.3 Å². The molecule has 21 heavy (non-hydrogen) atoms. The molecule has 0 aliphatic heterocycles. The van der Waals surface area contributed by atoms with Gasteiger partial charge in [0.15, 0.2) is 0 Å². The van der Waals surface area contributed by atoms with Gasteiger partial charge in [-0.1, -0.05) is 6.07 Å². The lowest BCUT2D eigenvalue weighted by Crippen LogP contribution is -2.41. The quantitative estimate of drug-likeness (QED) is 0.878. The van der Waals surface area contributed by atoms with E-state index in [0.717, 1.165) is 5.56 Å². The highest BCUT2D eigenvalue weighted by Crippen LogP contribution is 2.25. The fourth-order valence-corrected chi connectivity index (χ4v) is 2.05. The summed E-state index contributed by atoms with van der Waals surface area (Å²) in [6, 6.07) is 3.75. The minimum Gasteiger partial charge on any atom is -0.384 e. The van der Waals surface area contributed by atoms with E-state index in [9.17, 15) is 5.11 Å². The highest BCUT2D eigenvalue weighted by molar-refractivity contribution is 5.72. The third kappa shape index (κ3) is 3.74. The summed E-state index contributed by atoms with van der Waals surface area (Å²) in [5, 5.41) is 14.8. The summed E-state index contributed by atoms with van der Waals surface area (Å²) in [7, 11) is 0. The van der Waals surface area contributed by atoms with E-state index in [-0.39, 0.29) is 0 Å². The Hall–Kier alpha value is -2.05. The van der Waals surface area contributed by atoms with Crippen LogP contribution in [-0.4, -0.2) is 43.2 Å². The molecule has 6 nitrogen and oxygen atoms in total. The Morgan fingerprint density at radius 2 is 2.29 bits per heavy atom. The van der Waals surface area contributed by atoms with Crippen molar-refractivity contribution in [2.45, 2.75) is 32.5 Å². The van der Waals surface area contributed by atoms with Crippen LogP contribution in [0, 0.1) is 0 Å². The molecule has 0 aromatic carbocycles. The Kier molecular flexibility index (Phi) is 4.82. The first-order chi connectivity index (χ1) is 10.0. The number of pyridine rings is 1. The number of rotatable bonds is 6. The predicted octanol–water partition coefficient (Wildman–Crippen LogP) is 1.85. The van der Waals surface area contributed by atoms with Crippen LogP contribution in [0.4, 0.5) is 0 Å². The van der Waals surface area contributed by atoms with Gasteiger partial charge < -0.3 is 9.84 Å². The van der Waals surface area contributed by atoms with Gasteiger partial charge in [0.1, 0.15) is 18.8 Å².